The van der Waals surface area contributed by atoms with Crippen LogP contribution in [0.2, 0.25) is 0 Å². The van der Waals surface area contributed by atoms with Crippen molar-refractivity contribution in [2.75, 3.05) is 25.5 Å². The molecule has 106 valence electrons. The van der Waals surface area contributed by atoms with E-state index < -0.39 is 0 Å². The highest BCUT2D eigenvalue weighted by Crippen LogP contribution is 2.48. The summed E-state index contributed by atoms with van der Waals surface area (Å²) in [7, 11) is 4.20. The second-order valence-electron chi connectivity index (χ2n) is 6.38. The zero-order valence-corrected chi connectivity index (χ0v) is 13.0. The summed E-state index contributed by atoms with van der Waals surface area (Å²) in [6.45, 7) is 3.36. The zero-order chi connectivity index (χ0) is 13.4. The number of nitrogens with zero attached hydrogens (tertiary/aromatic N) is 2. The van der Waals surface area contributed by atoms with Crippen LogP contribution < -0.4 is 10.2 Å². The molecule has 1 aromatic heterocycles. The van der Waals surface area contributed by atoms with Crippen LogP contribution in [0.4, 0.5) is 5.13 Å². The van der Waals surface area contributed by atoms with Gasteiger partial charge in [0.05, 0.1) is 5.69 Å². The average molecular weight is 279 g/mol. The van der Waals surface area contributed by atoms with Gasteiger partial charge in [-0.2, -0.15) is 0 Å². The first-order valence-corrected chi connectivity index (χ1v) is 8.39. The molecule has 4 unspecified atom stereocenters. The van der Waals surface area contributed by atoms with Gasteiger partial charge >= 0.3 is 0 Å². The summed E-state index contributed by atoms with van der Waals surface area (Å²) < 4.78 is 0. The van der Waals surface area contributed by atoms with Crippen LogP contribution in [0.5, 0.6) is 0 Å². The first-order chi connectivity index (χ1) is 9.17. The molecule has 1 heterocycles. The maximum Gasteiger partial charge on any atom is 0.185 e. The van der Waals surface area contributed by atoms with Gasteiger partial charge in [-0.1, -0.05) is 6.42 Å². The predicted molar refractivity (Wildman–Crippen MR) is 81.8 cm³/mol. The minimum atomic E-state index is 0.348. The van der Waals surface area contributed by atoms with E-state index >= 15 is 0 Å². The van der Waals surface area contributed by atoms with Crippen LogP contribution >= 0.6 is 11.3 Å². The minimum Gasteiger partial charge on any atom is -0.351 e. The number of rotatable bonds is 5. The van der Waals surface area contributed by atoms with Crippen molar-refractivity contribution >= 4 is 16.5 Å². The number of hydrogen-bond donors (Lipinski definition) is 1. The number of anilines is 1. The Morgan fingerprint density at radius 2 is 2.32 bits per heavy atom. The second kappa shape index (κ2) is 5.41. The van der Waals surface area contributed by atoms with E-state index in [2.05, 4.69) is 29.6 Å². The van der Waals surface area contributed by atoms with Crippen LogP contribution in [0.25, 0.3) is 0 Å². The average Bonchev–Trinajstić information content (AvgIpc) is 3.13. The molecule has 2 saturated carbocycles. The highest BCUT2D eigenvalue weighted by Gasteiger charge is 2.39. The number of aromatic nitrogens is 1. The fourth-order valence-corrected chi connectivity index (χ4v) is 4.72. The van der Waals surface area contributed by atoms with Gasteiger partial charge in [-0.05, 0) is 51.0 Å². The lowest BCUT2D eigenvalue weighted by atomic mass is 9.88. The quantitative estimate of drug-likeness (QED) is 0.896. The molecule has 2 aliphatic rings. The molecule has 0 spiro atoms. The fraction of sp³-hybridized carbons (Fsp3) is 0.800. The lowest BCUT2D eigenvalue weighted by molar-refractivity contribution is 0.337. The number of fused-ring (bicyclic) bond motifs is 2. The summed E-state index contributed by atoms with van der Waals surface area (Å²) in [4.78, 5) is 7.14. The van der Waals surface area contributed by atoms with Gasteiger partial charge in [-0.3, -0.25) is 0 Å². The van der Waals surface area contributed by atoms with E-state index in [4.69, 9.17) is 4.98 Å². The van der Waals surface area contributed by atoms with Crippen molar-refractivity contribution < 1.29 is 0 Å². The molecule has 4 heteroatoms. The summed E-state index contributed by atoms with van der Waals surface area (Å²) in [5, 5.41) is 6.62. The highest BCUT2D eigenvalue weighted by molar-refractivity contribution is 7.13. The van der Waals surface area contributed by atoms with Gasteiger partial charge in [0.2, 0.25) is 0 Å². The SMILES string of the molecule is CNC(C)c1csc(N(C)CC2CC3CCC2C3)n1. The molecule has 3 nitrogen and oxygen atoms in total. The van der Waals surface area contributed by atoms with E-state index in [1.165, 1.54) is 43.1 Å². The first kappa shape index (κ1) is 13.4. The molecule has 4 atom stereocenters. The third kappa shape index (κ3) is 2.65. The number of hydrogen-bond acceptors (Lipinski definition) is 4. The normalized spacial score (nSPS) is 30.8. The van der Waals surface area contributed by atoms with Gasteiger partial charge in [0.25, 0.3) is 0 Å². The predicted octanol–water partition coefficient (Wildman–Crippen LogP) is 3.30. The van der Waals surface area contributed by atoms with Gasteiger partial charge in [-0.25, -0.2) is 4.98 Å². The van der Waals surface area contributed by atoms with Crippen molar-refractivity contribution in [3.8, 4) is 0 Å². The molecular formula is C15H25N3S. The molecule has 0 aliphatic heterocycles. The van der Waals surface area contributed by atoms with Crippen molar-refractivity contribution in [1.29, 1.82) is 0 Å². The molecular weight excluding hydrogens is 254 g/mol. The van der Waals surface area contributed by atoms with Crippen molar-refractivity contribution in [2.24, 2.45) is 17.8 Å². The molecule has 2 aliphatic carbocycles. The molecule has 2 fully saturated rings. The van der Waals surface area contributed by atoms with Gasteiger partial charge in [0.1, 0.15) is 0 Å². The Bertz CT molecular complexity index is 431. The summed E-state index contributed by atoms with van der Waals surface area (Å²) >= 11 is 1.78. The van der Waals surface area contributed by atoms with Crippen molar-refractivity contribution in [1.82, 2.24) is 10.3 Å². The van der Waals surface area contributed by atoms with Crippen LogP contribution in [0, 0.1) is 17.8 Å². The van der Waals surface area contributed by atoms with Crippen molar-refractivity contribution in [3.05, 3.63) is 11.1 Å². The molecule has 1 N–H and O–H groups in total. The largest absolute Gasteiger partial charge is 0.351 e. The van der Waals surface area contributed by atoms with Crippen molar-refractivity contribution in [3.63, 3.8) is 0 Å². The van der Waals surface area contributed by atoms with Crippen LogP contribution in [-0.4, -0.2) is 25.6 Å². The summed E-state index contributed by atoms with van der Waals surface area (Å²) in [5.41, 5.74) is 1.17. The lowest BCUT2D eigenvalue weighted by Crippen LogP contribution is -2.28. The van der Waals surface area contributed by atoms with Gasteiger partial charge in [0.15, 0.2) is 5.13 Å². The monoisotopic (exact) mass is 279 g/mol. The van der Waals surface area contributed by atoms with E-state index in [0.717, 1.165) is 17.8 Å². The number of nitrogens with one attached hydrogen (secondary N) is 1. The second-order valence-corrected chi connectivity index (χ2v) is 7.22. The standard InChI is InChI=1S/C15H25N3S/c1-10(16-2)14-9-19-15(17-14)18(3)8-13-7-11-4-5-12(13)6-11/h9-13,16H,4-8H2,1-3H3. The highest BCUT2D eigenvalue weighted by atomic mass is 32.1. The zero-order valence-electron chi connectivity index (χ0n) is 12.2. The topological polar surface area (TPSA) is 28.2 Å². The lowest BCUT2D eigenvalue weighted by Gasteiger charge is -2.26. The maximum atomic E-state index is 4.77. The molecule has 0 aromatic carbocycles. The summed E-state index contributed by atoms with van der Waals surface area (Å²) in [5.74, 6) is 2.96. The molecule has 3 rings (SSSR count). The van der Waals surface area contributed by atoms with Crippen LogP contribution in [0.15, 0.2) is 5.38 Å². The minimum absolute atomic E-state index is 0.348. The summed E-state index contributed by atoms with van der Waals surface area (Å²) in [6, 6.07) is 0.348. The maximum absolute atomic E-state index is 4.77. The molecule has 0 radical (unpaired) electrons. The van der Waals surface area contributed by atoms with E-state index in [1.54, 1.807) is 11.3 Å². The van der Waals surface area contributed by atoms with E-state index in [1.807, 2.05) is 7.05 Å². The van der Waals surface area contributed by atoms with Crippen molar-refractivity contribution in [2.45, 2.75) is 38.6 Å². The molecule has 0 saturated heterocycles. The fourth-order valence-electron chi connectivity index (χ4n) is 3.83. The van der Waals surface area contributed by atoms with Gasteiger partial charge < -0.3 is 10.2 Å². The summed E-state index contributed by atoms with van der Waals surface area (Å²) in [6.07, 6.45) is 5.92. The van der Waals surface area contributed by atoms with Crippen LogP contribution in [0.1, 0.15) is 44.3 Å². The Balaban J connectivity index is 1.61. The van der Waals surface area contributed by atoms with Gasteiger partial charge in [0, 0.05) is 25.0 Å². The Morgan fingerprint density at radius 1 is 1.47 bits per heavy atom. The molecule has 1 aromatic rings. The van der Waals surface area contributed by atoms with E-state index in [9.17, 15) is 0 Å². The molecule has 19 heavy (non-hydrogen) atoms. The smallest absolute Gasteiger partial charge is 0.185 e. The van der Waals surface area contributed by atoms with E-state index in [0.29, 0.717) is 6.04 Å². The first-order valence-electron chi connectivity index (χ1n) is 7.51. The van der Waals surface area contributed by atoms with Crippen LogP contribution in [0.3, 0.4) is 0 Å². The third-order valence-corrected chi connectivity index (χ3v) is 6.08. The van der Waals surface area contributed by atoms with Gasteiger partial charge in [-0.15, -0.1) is 11.3 Å². The Labute approximate surface area is 120 Å². The molecule has 0 amide bonds. The molecule has 2 bridgehead atoms. The van der Waals surface area contributed by atoms with E-state index in [-0.39, 0.29) is 0 Å². The third-order valence-electron chi connectivity index (χ3n) is 5.11. The Kier molecular flexibility index (Phi) is 3.81. The Morgan fingerprint density at radius 3 is 2.95 bits per heavy atom. The van der Waals surface area contributed by atoms with Crippen LogP contribution in [-0.2, 0) is 0 Å². The Hall–Kier alpha value is -0.610. The number of thiazole rings is 1.